The Morgan fingerprint density at radius 2 is 1.84 bits per heavy atom. The zero-order valence-electron chi connectivity index (χ0n) is 20.4. The SMILES string of the molecule is CC1(C)[C@H]2CC[C@]1(c1cccc(-c3ncn(CC(O)CO)n3)n1)c1nnc(-c3c(F)cccc3F)cc12. The summed E-state index contributed by atoms with van der Waals surface area (Å²) in [5.41, 5.74) is 2.38. The van der Waals surface area contributed by atoms with Crippen LogP contribution in [0.25, 0.3) is 22.8 Å². The van der Waals surface area contributed by atoms with E-state index in [0.717, 1.165) is 29.8 Å². The van der Waals surface area contributed by atoms with Crippen LogP contribution < -0.4 is 0 Å². The Balaban J connectivity index is 1.43. The summed E-state index contributed by atoms with van der Waals surface area (Å²) in [6, 6.07) is 11.3. The monoisotopic (exact) mass is 504 g/mol. The Bertz CT molecular complexity index is 1490. The van der Waals surface area contributed by atoms with Gasteiger partial charge in [-0.3, -0.25) is 0 Å². The van der Waals surface area contributed by atoms with Crippen LogP contribution in [0.4, 0.5) is 8.78 Å². The lowest BCUT2D eigenvalue weighted by Gasteiger charge is -2.37. The first-order valence-corrected chi connectivity index (χ1v) is 12.2. The molecule has 1 aromatic carbocycles. The van der Waals surface area contributed by atoms with Crippen molar-refractivity contribution in [3.05, 3.63) is 77.4 Å². The molecule has 2 aliphatic rings. The molecule has 1 fully saturated rings. The van der Waals surface area contributed by atoms with Crippen molar-refractivity contribution in [1.82, 2.24) is 29.9 Å². The number of hydrogen-bond acceptors (Lipinski definition) is 7. The number of halogens is 2. The van der Waals surface area contributed by atoms with E-state index in [2.05, 4.69) is 34.1 Å². The van der Waals surface area contributed by atoms with Crippen molar-refractivity contribution in [2.24, 2.45) is 5.41 Å². The third-order valence-corrected chi connectivity index (χ3v) is 8.16. The average molecular weight is 505 g/mol. The number of rotatable bonds is 6. The highest BCUT2D eigenvalue weighted by atomic mass is 19.1. The topological polar surface area (TPSA) is 110 Å². The van der Waals surface area contributed by atoms with Gasteiger partial charge in [0.05, 0.1) is 47.3 Å². The molecule has 3 heterocycles. The van der Waals surface area contributed by atoms with Crippen molar-refractivity contribution in [3.63, 3.8) is 0 Å². The second kappa shape index (κ2) is 8.46. The second-order valence-electron chi connectivity index (χ2n) is 10.4. The van der Waals surface area contributed by atoms with Crippen LogP contribution in [0.5, 0.6) is 0 Å². The molecule has 0 saturated heterocycles. The molecular weight excluding hydrogens is 478 g/mol. The molecule has 190 valence electrons. The van der Waals surface area contributed by atoms with E-state index in [4.69, 9.17) is 10.1 Å². The van der Waals surface area contributed by atoms with Crippen LogP contribution in [0, 0.1) is 17.0 Å². The third-order valence-electron chi connectivity index (χ3n) is 8.16. The molecule has 0 radical (unpaired) electrons. The van der Waals surface area contributed by atoms with Gasteiger partial charge in [-0.1, -0.05) is 26.0 Å². The Morgan fingerprint density at radius 1 is 1.08 bits per heavy atom. The molecule has 37 heavy (non-hydrogen) atoms. The van der Waals surface area contributed by atoms with Crippen LogP contribution in [0.2, 0.25) is 0 Å². The van der Waals surface area contributed by atoms with Crippen LogP contribution >= 0.6 is 0 Å². The summed E-state index contributed by atoms with van der Waals surface area (Å²) in [5.74, 6) is -0.793. The lowest BCUT2D eigenvalue weighted by atomic mass is 9.66. The molecule has 8 nitrogen and oxygen atoms in total. The fourth-order valence-electron chi connectivity index (χ4n) is 6.33. The van der Waals surface area contributed by atoms with E-state index in [1.165, 1.54) is 29.2 Å². The van der Waals surface area contributed by atoms with Gasteiger partial charge >= 0.3 is 0 Å². The Morgan fingerprint density at radius 3 is 2.59 bits per heavy atom. The van der Waals surface area contributed by atoms with E-state index >= 15 is 0 Å². The Hall–Kier alpha value is -3.63. The zero-order chi connectivity index (χ0) is 25.9. The van der Waals surface area contributed by atoms with Crippen LogP contribution in [-0.4, -0.2) is 52.9 Å². The summed E-state index contributed by atoms with van der Waals surface area (Å²) < 4.78 is 30.5. The van der Waals surface area contributed by atoms with Crippen molar-refractivity contribution < 1.29 is 19.0 Å². The fourth-order valence-corrected chi connectivity index (χ4v) is 6.33. The highest BCUT2D eigenvalue weighted by molar-refractivity contribution is 5.64. The van der Waals surface area contributed by atoms with Crippen molar-refractivity contribution in [2.75, 3.05) is 6.61 Å². The molecular formula is C27H26F2N6O2. The van der Waals surface area contributed by atoms with Crippen molar-refractivity contribution >= 4 is 0 Å². The van der Waals surface area contributed by atoms with Gasteiger partial charge in [0.1, 0.15) is 23.7 Å². The summed E-state index contributed by atoms with van der Waals surface area (Å²) in [5, 5.41) is 32.1. The molecule has 3 aromatic heterocycles. The quantitative estimate of drug-likeness (QED) is 0.413. The number of aliphatic hydroxyl groups is 2. The minimum absolute atomic E-state index is 0.121. The number of pyridine rings is 1. The van der Waals surface area contributed by atoms with Gasteiger partial charge in [0.15, 0.2) is 5.82 Å². The molecule has 2 bridgehead atoms. The fraction of sp³-hybridized carbons (Fsp3) is 0.370. The molecule has 0 amide bonds. The van der Waals surface area contributed by atoms with Crippen LogP contribution in [0.1, 0.15) is 49.6 Å². The first-order chi connectivity index (χ1) is 17.8. The molecule has 2 aliphatic carbocycles. The van der Waals surface area contributed by atoms with E-state index in [9.17, 15) is 13.9 Å². The maximum absolute atomic E-state index is 14.5. The van der Waals surface area contributed by atoms with Crippen molar-refractivity contribution in [2.45, 2.75) is 50.7 Å². The molecule has 1 saturated carbocycles. The first kappa shape index (κ1) is 23.7. The minimum Gasteiger partial charge on any atom is -0.394 e. The number of benzene rings is 1. The summed E-state index contributed by atoms with van der Waals surface area (Å²) in [6.45, 7) is 4.13. The predicted molar refractivity (Wildman–Crippen MR) is 130 cm³/mol. The first-order valence-electron chi connectivity index (χ1n) is 12.2. The summed E-state index contributed by atoms with van der Waals surface area (Å²) in [4.78, 5) is 9.31. The molecule has 0 aliphatic heterocycles. The lowest BCUT2D eigenvalue weighted by molar-refractivity contribution is 0.0782. The van der Waals surface area contributed by atoms with Gasteiger partial charge in [-0.15, -0.1) is 10.2 Å². The van der Waals surface area contributed by atoms with E-state index in [0.29, 0.717) is 11.5 Å². The van der Waals surface area contributed by atoms with E-state index < -0.39 is 23.2 Å². The van der Waals surface area contributed by atoms with Gasteiger partial charge in [0, 0.05) is 0 Å². The van der Waals surface area contributed by atoms with Gasteiger partial charge in [-0.25, -0.2) is 23.4 Å². The smallest absolute Gasteiger partial charge is 0.199 e. The highest BCUT2D eigenvalue weighted by Crippen LogP contribution is 2.69. The Labute approximate surface area is 212 Å². The molecule has 4 aromatic rings. The summed E-state index contributed by atoms with van der Waals surface area (Å²) in [7, 11) is 0. The molecule has 3 atom stereocenters. The summed E-state index contributed by atoms with van der Waals surface area (Å²) in [6.07, 6.45) is 2.28. The minimum atomic E-state index is -0.930. The largest absolute Gasteiger partial charge is 0.394 e. The molecule has 10 heteroatoms. The van der Waals surface area contributed by atoms with Crippen LogP contribution in [-0.2, 0) is 12.0 Å². The van der Waals surface area contributed by atoms with Gasteiger partial charge in [0.2, 0.25) is 0 Å². The third kappa shape index (κ3) is 3.42. The number of aromatic nitrogens is 6. The Kier molecular flexibility index (Phi) is 5.43. The van der Waals surface area contributed by atoms with E-state index in [-0.39, 0.29) is 35.7 Å². The van der Waals surface area contributed by atoms with Crippen LogP contribution in [0.3, 0.4) is 0 Å². The van der Waals surface area contributed by atoms with Crippen LogP contribution in [0.15, 0.2) is 48.8 Å². The van der Waals surface area contributed by atoms with E-state index in [1.807, 2.05) is 18.2 Å². The number of hydrogen-bond donors (Lipinski definition) is 2. The van der Waals surface area contributed by atoms with Gasteiger partial charge in [0.25, 0.3) is 0 Å². The highest BCUT2D eigenvalue weighted by Gasteiger charge is 2.65. The standard InChI is InChI=1S/C27H26F2N6O2/c1-26(2)17-9-10-27(26,24-16(17)11-21(32-33-24)23-18(28)5-3-6-19(23)29)22-8-4-7-20(31-22)25-30-14-35(34-25)12-15(37)13-36/h3-8,11,14-15,17,36-37H,9-10,12-13H2,1-2H3/t15?,17-,27-/m0/s1. The summed E-state index contributed by atoms with van der Waals surface area (Å²) >= 11 is 0. The average Bonchev–Trinajstić information content (AvgIpc) is 3.51. The molecule has 1 unspecified atom stereocenters. The zero-order valence-corrected chi connectivity index (χ0v) is 20.4. The van der Waals surface area contributed by atoms with Gasteiger partial charge < -0.3 is 10.2 Å². The number of fused-ring (bicyclic) bond motifs is 5. The van der Waals surface area contributed by atoms with E-state index in [1.54, 1.807) is 6.07 Å². The molecule has 0 spiro atoms. The van der Waals surface area contributed by atoms with Gasteiger partial charge in [-0.05, 0) is 60.1 Å². The predicted octanol–water partition coefficient (Wildman–Crippen LogP) is 3.63. The number of nitrogens with zero attached hydrogens (tertiary/aromatic N) is 6. The maximum atomic E-state index is 14.5. The molecule has 2 N–H and O–H groups in total. The molecule has 6 rings (SSSR count). The lowest BCUT2D eigenvalue weighted by Crippen LogP contribution is -2.37. The van der Waals surface area contributed by atoms with Crippen molar-refractivity contribution in [1.29, 1.82) is 0 Å². The normalized spacial score (nSPS) is 22.3. The second-order valence-corrected chi connectivity index (χ2v) is 10.4. The van der Waals surface area contributed by atoms with Crippen molar-refractivity contribution in [3.8, 4) is 22.8 Å². The number of aliphatic hydroxyl groups excluding tert-OH is 2. The van der Waals surface area contributed by atoms with Gasteiger partial charge in [-0.2, -0.15) is 5.10 Å². The maximum Gasteiger partial charge on any atom is 0.199 e.